The monoisotopic (exact) mass is 442 g/mol. The third-order valence-electron chi connectivity index (χ3n) is 5.36. The molecule has 0 aliphatic carbocycles. The lowest BCUT2D eigenvalue weighted by molar-refractivity contribution is 0.0195. The van der Waals surface area contributed by atoms with Crippen LogP contribution in [0.1, 0.15) is 11.3 Å². The summed E-state index contributed by atoms with van der Waals surface area (Å²) in [5.41, 5.74) is 0.542. The number of rotatable bonds is 5. The highest BCUT2D eigenvalue weighted by Gasteiger charge is 2.30. The molecule has 0 amide bonds. The molecule has 0 radical (unpaired) electrons. The van der Waals surface area contributed by atoms with Gasteiger partial charge in [0.2, 0.25) is 5.88 Å². The zero-order valence-corrected chi connectivity index (χ0v) is 17.3. The van der Waals surface area contributed by atoms with Gasteiger partial charge in [0.25, 0.3) is 0 Å². The van der Waals surface area contributed by atoms with E-state index in [1.54, 1.807) is 29.7 Å². The number of pyridine rings is 1. The van der Waals surface area contributed by atoms with Crippen molar-refractivity contribution in [2.75, 3.05) is 24.6 Å². The van der Waals surface area contributed by atoms with Crippen LogP contribution in [0.5, 0.6) is 17.4 Å². The SMILES string of the molecule is Cc1ccc(Oc2c(F)cc(COc3cc4n(c(=O)n3)C[C@@H]3CN4CCO3)cc2F)cn1. The van der Waals surface area contributed by atoms with Gasteiger partial charge in [-0.2, -0.15) is 4.98 Å². The van der Waals surface area contributed by atoms with Gasteiger partial charge in [-0.3, -0.25) is 9.55 Å². The van der Waals surface area contributed by atoms with E-state index in [4.69, 9.17) is 14.2 Å². The second-order valence-electron chi connectivity index (χ2n) is 7.70. The van der Waals surface area contributed by atoms with Gasteiger partial charge in [0.1, 0.15) is 18.2 Å². The van der Waals surface area contributed by atoms with Crippen molar-refractivity contribution in [2.45, 2.75) is 26.2 Å². The van der Waals surface area contributed by atoms with Crippen LogP contribution in [0.4, 0.5) is 14.6 Å². The Balaban J connectivity index is 1.32. The number of aryl methyl sites for hydroxylation is 1. The van der Waals surface area contributed by atoms with E-state index in [0.29, 0.717) is 32.1 Å². The quantitative estimate of drug-likeness (QED) is 0.601. The van der Waals surface area contributed by atoms with Crippen LogP contribution in [-0.4, -0.2) is 40.3 Å². The maximum Gasteiger partial charge on any atom is 0.352 e. The van der Waals surface area contributed by atoms with Crippen LogP contribution in [0.25, 0.3) is 0 Å². The van der Waals surface area contributed by atoms with Crippen molar-refractivity contribution in [1.29, 1.82) is 0 Å². The molecular weight excluding hydrogens is 422 g/mol. The van der Waals surface area contributed by atoms with Gasteiger partial charge in [-0.1, -0.05) is 0 Å². The number of halogens is 2. The molecule has 0 spiro atoms. The molecule has 1 aromatic carbocycles. The minimum absolute atomic E-state index is 0.0371. The van der Waals surface area contributed by atoms with Crippen molar-refractivity contribution in [3.63, 3.8) is 0 Å². The van der Waals surface area contributed by atoms with E-state index in [-0.39, 0.29) is 29.9 Å². The number of nitrogens with zero attached hydrogens (tertiary/aromatic N) is 4. The molecule has 10 heteroatoms. The molecule has 8 nitrogen and oxygen atoms in total. The first-order chi connectivity index (χ1) is 15.5. The second-order valence-corrected chi connectivity index (χ2v) is 7.70. The Labute approximate surface area is 182 Å². The van der Waals surface area contributed by atoms with Gasteiger partial charge in [0.05, 0.1) is 25.5 Å². The highest BCUT2D eigenvalue weighted by atomic mass is 19.1. The minimum atomic E-state index is -0.873. The molecule has 0 unspecified atom stereocenters. The van der Waals surface area contributed by atoms with Gasteiger partial charge in [-0.15, -0.1) is 0 Å². The number of fused-ring (bicyclic) bond motifs is 4. The number of aromatic nitrogens is 3. The molecule has 0 saturated carbocycles. The van der Waals surface area contributed by atoms with Crippen molar-refractivity contribution in [3.8, 4) is 17.4 Å². The summed E-state index contributed by atoms with van der Waals surface area (Å²) in [4.78, 5) is 22.4. The van der Waals surface area contributed by atoms with E-state index in [1.165, 1.54) is 6.20 Å². The number of anilines is 1. The van der Waals surface area contributed by atoms with Crippen LogP contribution in [0, 0.1) is 18.6 Å². The van der Waals surface area contributed by atoms with Gasteiger partial charge < -0.3 is 19.1 Å². The molecule has 0 N–H and O–H groups in total. The highest BCUT2D eigenvalue weighted by molar-refractivity contribution is 5.45. The minimum Gasteiger partial charge on any atom is -0.473 e. The highest BCUT2D eigenvalue weighted by Crippen LogP contribution is 2.29. The van der Waals surface area contributed by atoms with Crippen LogP contribution in [0.3, 0.4) is 0 Å². The Hall–Kier alpha value is -3.53. The average molecular weight is 442 g/mol. The summed E-state index contributed by atoms with van der Waals surface area (Å²) in [7, 11) is 0. The van der Waals surface area contributed by atoms with E-state index in [2.05, 4.69) is 9.97 Å². The van der Waals surface area contributed by atoms with Gasteiger partial charge in [-0.05, 0) is 36.8 Å². The largest absolute Gasteiger partial charge is 0.473 e. The third kappa shape index (κ3) is 4.01. The molecule has 2 aliphatic rings. The predicted octanol–water partition coefficient (Wildman–Crippen LogP) is 2.82. The maximum atomic E-state index is 14.5. The van der Waals surface area contributed by atoms with Crippen molar-refractivity contribution < 1.29 is 23.0 Å². The molecule has 3 aromatic rings. The van der Waals surface area contributed by atoms with E-state index >= 15 is 0 Å². The van der Waals surface area contributed by atoms with Gasteiger partial charge in [-0.25, -0.2) is 13.6 Å². The first-order valence-corrected chi connectivity index (χ1v) is 10.2. The number of benzene rings is 1. The zero-order valence-electron chi connectivity index (χ0n) is 17.3. The molecule has 1 fully saturated rings. The molecule has 4 heterocycles. The summed E-state index contributed by atoms with van der Waals surface area (Å²) in [5.74, 6) is -1.25. The summed E-state index contributed by atoms with van der Waals surface area (Å²) in [6.07, 6.45) is 1.35. The zero-order chi connectivity index (χ0) is 22.2. The summed E-state index contributed by atoms with van der Waals surface area (Å²) in [6.45, 7) is 4.01. The van der Waals surface area contributed by atoms with E-state index in [0.717, 1.165) is 17.8 Å². The molecule has 166 valence electrons. The van der Waals surface area contributed by atoms with Gasteiger partial charge in [0, 0.05) is 24.8 Å². The predicted molar refractivity (Wildman–Crippen MR) is 110 cm³/mol. The summed E-state index contributed by atoms with van der Waals surface area (Å²) < 4.78 is 47.1. The fourth-order valence-electron chi connectivity index (χ4n) is 3.81. The summed E-state index contributed by atoms with van der Waals surface area (Å²) in [6, 6.07) is 7.17. The number of hydrogen-bond donors (Lipinski definition) is 0. The maximum absolute atomic E-state index is 14.5. The normalized spacial score (nSPS) is 17.1. The van der Waals surface area contributed by atoms with Crippen LogP contribution < -0.4 is 20.1 Å². The molecule has 2 aliphatic heterocycles. The van der Waals surface area contributed by atoms with Gasteiger partial charge >= 0.3 is 5.69 Å². The van der Waals surface area contributed by atoms with Crippen molar-refractivity contribution >= 4 is 5.82 Å². The molecule has 1 saturated heterocycles. The smallest absolute Gasteiger partial charge is 0.352 e. The fraction of sp³-hybridized carbons (Fsp3) is 0.318. The summed E-state index contributed by atoms with van der Waals surface area (Å²) in [5, 5.41) is 0. The Morgan fingerprint density at radius 2 is 2.00 bits per heavy atom. The lowest BCUT2D eigenvalue weighted by Crippen LogP contribution is -2.52. The molecule has 32 heavy (non-hydrogen) atoms. The molecule has 1 atom stereocenters. The Kier molecular flexibility index (Phi) is 5.22. The standard InChI is InChI=1S/C22H20F2N4O4/c1-13-2-3-15(9-25-13)32-21-17(23)6-14(7-18(21)24)12-31-19-8-20-27-4-5-30-16(10-27)11-28(20)22(29)26-19/h2-3,6-9,16H,4-5,10-12H2,1H3/t16-/m0/s1. The van der Waals surface area contributed by atoms with Gasteiger partial charge in [0.15, 0.2) is 17.4 Å². The Morgan fingerprint density at radius 1 is 1.19 bits per heavy atom. The molecule has 2 aromatic heterocycles. The van der Waals surface area contributed by atoms with Crippen LogP contribution >= 0.6 is 0 Å². The van der Waals surface area contributed by atoms with E-state index in [1.807, 2.05) is 4.90 Å². The lowest BCUT2D eigenvalue weighted by atomic mass is 10.2. The summed E-state index contributed by atoms with van der Waals surface area (Å²) >= 11 is 0. The van der Waals surface area contributed by atoms with Crippen LogP contribution in [-0.2, 0) is 17.9 Å². The molecule has 2 bridgehead atoms. The topological polar surface area (TPSA) is 78.7 Å². The van der Waals surface area contributed by atoms with Crippen LogP contribution in [0.2, 0.25) is 0 Å². The van der Waals surface area contributed by atoms with E-state index < -0.39 is 23.1 Å². The fourth-order valence-corrected chi connectivity index (χ4v) is 3.81. The Bertz CT molecular complexity index is 1190. The number of morpholine rings is 1. The lowest BCUT2D eigenvalue weighted by Gasteiger charge is -2.40. The molecule has 5 rings (SSSR count). The number of hydrogen-bond acceptors (Lipinski definition) is 7. The second kappa shape index (κ2) is 8.19. The van der Waals surface area contributed by atoms with Crippen LogP contribution in [0.15, 0.2) is 41.3 Å². The molecular formula is C22H20F2N4O4. The third-order valence-corrected chi connectivity index (χ3v) is 5.36. The first-order valence-electron chi connectivity index (χ1n) is 10.2. The van der Waals surface area contributed by atoms with E-state index in [9.17, 15) is 13.6 Å². The number of ether oxygens (including phenoxy) is 3. The van der Waals surface area contributed by atoms with Crippen molar-refractivity contribution in [1.82, 2.24) is 14.5 Å². The average Bonchev–Trinajstić information content (AvgIpc) is 2.77. The first kappa shape index (κ1) is 20.4. The van der Waals surface area contributed by atoms with Crippen molar-refractivity contribution in [3.05, 3.63) is 69.9 Å². The Morgan fingerprint density at radius 3 is 2.75 bits per heavy atom. The van der Waals surface area contributed by atoms with Crippen molar-refractivity contribution in [2.24, 2.45) is 0 Å².